The maximum atomic E-state index is 10.5. The van der Waals surface area contributed by atoms with Crippen molar-refractivity contribution < 1.29 is 4.79 Å². The number of nitrogens with zero attached hydrogens (tertiary/aromatic N) is 1. The molecule has 0 amide bonds. The molecule has 0 aliphatic heterocycles. The van der Waals surface area contributed by atoms with Gasteiger partial charge in [-0.05, 0) is 18.6 Å². The van der Waals surface area contributed by atoms with Crippen LogP contribution in [0.4, 0.5) is 0 Å². The fraction of sp³-hybridized carbons (Fsp3) is 0.0909. The second-order valence-electron chi connectivity index (χ2n) is 3.22. The van der Waals surface area contributed by atoms with Crippen LogP contribution in [0.25, 0.3) is 11.4 Å². The van der Waals surface area contributed by atoms with Gasteiger partial charge in [0.1, 0.15) is 5.82 Å². The Hall–Kier alpha value is -1.42. The number of aromatic nitrogens is 2. The number of nitrogens with one attached hydrogen (secondary N) is 1. The third-order valence-electron chi connectivity index (χ3n) is 2.25. The number of carbonyl (C=O) groups is 1. The average Bonchev–Trinajstić information content (AvgIpc) is 2.70. The van der Waals surface area contributed by atoms with Gasteiger partial charge in [-0.3, -0.25) is 4.79 Å². The van der Waals surface area contributed by atoms with Crippen molar-refractivity contribution >= 4 is 22.2 Å². The molecule has 0 atom stereocenters. The Morgan fingerprint density at radius 2 is 2.27 bits per heavy atom. The summed E-state index contributed by atoms with van der Waals surface area (Å²) in [5.74, 6) is 0.718. The minimum atomic E-state index is 0.490. The van der Waals surface area contributed by atoms with Gasteiger partial charge >= 0.3 is 0 Å². The highest BCUT2D eigenvalue weighted by molar-refractivity contribution is 9.10. The molecule has 0 saturated carbocycles. The number of hydrogen-bond acceptors (Lipinski definition) is 2. The zero-order valence-electron chi connectivity index (χ0n) is 8.12. The second-order valence-corrected chi connectivity index (χ2v) is 4.07. The van der Waals surface area contributed by atoms with Gasteiger partial charge in [0, 0.05) is 10.0 Å². The van der Waals surface area contributed by atoms with Gasteiger partial charge in [0.15, 0.2) is 6.29 Å². The standard InChI is InChI=1S/C11H9BrN2O/c1-7-9(3-2-4-10(7)12)11-13-5-8(6-15)14-11/h2-6H,1H3,(H,13,14). The van der Waals surface area contributed by atoms with E-state index in [9.17, 15) is 4.79 Å². The summed E-state index contributed by atoms with van der Waals surface area (Å²) in [7, 11) is 0. The molecule has 3 nitrogen and oxygen atoms in total. The molecular weight excluding hydrogens is 256 g/mol. The van der Waals surface area contributed by atoms with Crippen molar-refractivity contribution in [2.45, 2.75) is 6.92 Å². The summed E-state index contributed by atoms with van der Waals surface area (Å²) < 4.78 is 1.03. The monoisotopic (exact) mass is 264 g/mol. The molecule has 1 N–H and O–H groups in total. The third-order valence-corrected chi connectivity index (χ3v) is 3.10. The zero-order chi connectivity index (χ0) is 10.8. The van der Waals surface area contributed by atoms with Crippen LogP contribution in [0.15, 0.2) is 28.9 Å². The molecule has 4 heteroatoms. The van der Waals surface area contributed by atoms with Crippen LogP contribution in [0.5, 0.6) is 0 Å². The minimum absolute atomic E-state index is 0.490. The highest BCUT2D eigenvalue weighted by Crippen LogP contribution is 2.26. The first-order valence-corrected chi connectivity index (χ1v) is 5.27. The van der Waals surface area contributed by atoms with Crippen LogP contribution in [0.2, 0.25) is 0 Å². The molecule has 1 aromatic heterocycles. The Kier molecular flexibility index (Phi) is 2.68. The van der Waals surface area contributed by atoms with Gasteiger partial charge in [-0.2, -0.15) is 0 Å². The van der Waals surface area contributed by atoms with Crippen molar-refractivity contribution in [3.63, 3.8) is 0 Å². The molecule has 76 valence electrons. The summed E-state index contributed by atoms with van der Waals surface area (Å²) in [6.07, 6.45) is 2.28. The number of aldehydes is 1. The Labute approximate surface area is 95.7 Å². The molecule has 0 unspecified atom stereocenters. The van der Waals surface area contributed by atoms with Gasteiger partial charge < -0.3 is 4.98 Å². The fourth-order valence-electron chi connectivity index (χ4n) is 1.40. The van der Waals surface area contributed by atoms with Crippen LogP contribution >= 0.6 is 15.9 Å². The van der Waals surface area contributed by atoms with Crippen molar-refractivity contribution in [1.82, 2.24) is 9.97 Å². The van der Waals surface area contributed by atoms with Gasteiger partial charge in [0.05, 0.1) is 11.9 Å². The van der Waals surface area contributed by atoms with E-state index in [1.807, 2.05) is 25.1 Å². The summed E-state index contributed by atoms with van der Waals surface area (Å²) in [6.45, 7) is 2.00. The molecule has 0 saturated heterocycles. The van der Waals surface area contributed by atoms with Crippen LogP contribution in [-0.4, -0.2) is 16.3 Å². The van der Waals surface area contributed by atoms with E-state index in [1.165, 1.54) is 6.20 Å². The Morgan fingerprint density at radius 3 is 2.93 bits per heavy atom. The van der Waals surface area contributed by atoms with Gasteiger partial charge in [-0.25, -0.2) is 4.98 Å². The van der Waals surface area contributed by atoms with Crippen molar-refractivity contribution in [3.05, 3.63) is 40.1 Å². The summed E-state index contributed by atoms with van der Waals surface area (Å²) >= 11 is 3.46. The molecule has 0 radical (unpaired) electrons. The van der Waals surface area contributed by atoms with Crippen LogP contribution in [-0.2, 0) is 0 Å². The van der Waals surface area contributed by atoms with Crippen molar-refractivity contribution in [2.24, 2.45) is 0 Å². The second kappa shape index (κ2) is 3.98. The van der Waals surface area contributed by atoms with Gasteiger partial charge in [0.25, 0.3) is 0 Å². The molecule has 2 aromatic rings. The van der Waals surface area contributed by atoms with Crippen molar-refractivity contribution in [3.8, 4) is 11.4 Å². The lowest BCUT2D eigenvalue weighted by atomic mass is 10.1. The Morgan fingerprint density at radius 1 is 1.47 bits per heavy atom. The first kappa shape index (κ1) is 10.1. The Balaban J connectivity index is 2.53. The minimum Gasteiger partial charge on any atom is -0.336 e. The van der Waals surface area contributed by atoms with Gasteiger partial charge in [-0.1, -0.05) is 28.1 Å². The molecule has 2 rings (SSSR count). The number of H-pyrrole nitrogens is 1. The quantitative estimate of drug-likeness (QED) is 0.848. The van der Waals surface area contributed by atoms with Crippen LogP contribution in [0, 0.1) is 6.92 Å². The summed E-state index contributed by atoms with van der Waals surface area (Å²) in [5.41, 5.74) is 2.59. The fourth-order valence-corrected chi connectivity index (χ4v) is 1.76. The topological polar surface area (TPSA) is 45.8 Å². The van der Waals surface area contributed by atoms with Crippen molar-refractivity contribution in [1.29, 1.82) is 0 Å². The lowest BCUT2D eigenvalue weighted by Gasteiger charge is -2.03. The average molecular weight is 265 g/mol. The SMILES string of the molecule is Cc1c(Br)cccc1-c1ncc(C=O)[nH]1. The number of rotatable bonds is 2. The van der Waals surface area contributed by atoms with Gasteiger partial charge in [-0.15, -0.1) is 0 Å². The number of imidazole rings is 1. The lowest BCUT2D eigenvalue weighted by Crippen LogP contribution is -1.87. The molecule has 15 heavy (non-hydrogen) atoms. The predicted molar refractivity (Wildman–Crippen MR) is 61.8 cm³/mol. The van der Waals surface area contributed by atoms with Crippen LogP contribution in [0.1, 0.15) is 16.1 Å². The first-order chi connectivity index (χ1) is 7.22. The normalized spacial score (nSPS) is 10.3. The van der Waals surface area contributed by atoms with E-state index in [0.717, 1.165) is 27.7 Å². The van der Waals surface area contributed by atoms with E-state index >= 15 is 0 Å². The van der Waals surface area contributed by atoms with Crippen molar-refractivity contribution in [2.75, 3.05) is 0 Å². The molecule has 0 bridgehead atoms. The summed E-state index contributed by atoms with van der Waals surface area (Å²) in [5, 5.41) is 0. The van der Waals surface area contributed by atoms with E-state index in [-0.39, 0.29) is 0 Å². The smallest absolute Gasteiger partial charge is 0.167 e. The molecule has 0 spiro atoms. The number of hydrogen-bond donors (Lipinski definition) is 1. The molecule has 1 heterocycles. The van der Waals surface area contributed by atoms with Crippen LogP contribution < -0.4 is 0 Å². The highest BCUT2D eigenvalue weighted by Gasteiger charge is 2.07. The van der Waals surface area contributed by atoms with E-state index in [1.54, 1.807) is 0 Å². The maximum Gasteiger partial charge on any atom is 0.167 e. The molecule has 0 aliphatic carbocycles. The zero-order valence-corrected chi connectivity index (χ0v) is 9.71. The molecular formula is C11H9BrN2O. The van der Waals surface area contributed by atoms with E-state index in [4.69, 9.17) is 0 Å². The third kappa shape index (κ3) is 1.85. The predicted octanol–water partition coefficient (Wildman–Crippen LogP) is 2.96. The van der Waals surface area contributed by atoms with E-state index in [2.05, 4.69) is 25.9 Å². The highest BCUT2D eigenvalue weighted by atomic mass is 79.9. The molecule has 1 aromatic carbocycles. The number of aromatic amines is 1. The summed E-state index contributed by atoms with van der Waals surface area (Å²) in [4.78, 5) is 17.6. The maximum absolute atomic E-state index is 10.5. The van der Waals surface area contributed by atoms with Gasteiger partial charge in [0.2, 0.25) is 0 Å². The van der Waals surface area contributed by atoms with E-state index < -0.39 is 0 Å². The largest absolute Gasteiger partial charge is 0.336 e. The number of carbonyl (C=O) groups excluding carboxylic acids is 1. The first-order valence-electron chi connectivity index (χ1n) is 4.48. The Bertz CT molecular complexity index is 505. The summed E-state index contributed by atoms with van der Waals surface area (Å²) in [6, 6.07) is 5.88. The number of halogens is 1. The lowest BCUT2D eigenvalue weighted by molar-refractivity contribution is 0.111. The van der Waals surface area contributed by atoms with Crippen LogP contribution in [0.3, 0.4) is 0 Å². The number of benzene rings is 1. The molecule has 0 aliphatic rings. The van der Waals surface area contributed by atoms with E-state index in [0.29, 0.717) is 5.69 Å². The molecule has 0 fully saturated rings.